The Bertz CT molecular complexity index is 104. The molecule has 0 saturated carbocycles. The van der Waals surface area contributed by atoms with Gasteiger partial charge >= 0.3 is 0 Å². The number of hydrogen-bond donors (Lipinski definition) is 0. The SMILES string of the molecule is C1CC[N+]2(CC1)CCOCC2. The number of piperidine rings is 1. The number of rotatable bonds is 0. The van der Waals surface area contributed by atoms with Crippen LogP contribution in [0.4, 0.5) is 0 Å². The highest BCUT2D eigenvalue weighted by Crippen LogP contribution is 2.20. The summed E-state index contributed by atoms with van der Waals surface area (Å²) in [5.74, 6) is 0. The van der Waals surface area contributed by atoms with Gasteiger partial charge in [0, 0.05) is 0 Å². The monoisotopic (exact) mass is 156 g/mol. The topological polar surface area (TPSA) is 9.23 Å². The third kappa shape index (κ3) is 1.57. The number of morpholine rings is 1. The van der Waals surface area contributed by atoms with E-state index in [1.54, 1.807) is 0 Å². The molecule has 0 amide bonds. The number of ether oxygens (including phenoxy) is 1. The van der Waals surface area contributed by atoms with Gasteiger partial charge in [0.1, 0.15) is 13.1 Å². The average Bonchev–Trinajstić information content (AvgIpc) is 2.07. The third-order valence-corrected chi connectivity index (χ3v) is 3.18. The van der Waals surface area contributed by atoms with Crippen LogP contribution in [0.15, 0.2) is 0 Å². The molecule has 0 bridgehead atoms. The normalized spacial score (nSPS) is 30.5. The molecule has 0 aromatic carbocycles. The highest BCUT2D eigenvalue weighted by atomic mass is 16.5. The molecule has 2 rings (SSSR count). The molecule has 64 valence electrons. The van der Waals surface area contributed by atoms with Gasteiger partial charge in [0.15, 0.2) is 0 Å². The highest BCUT2D eigenvalue weighted by Gasteiger charge is 2.31. The van der Waals surface area contributed by atoms with Gasteiger partial charge in [0.05, 0.1) is 26.3 Å². The first-order chi connectivity index (χ1) is 5.41. The zero-order valence-corrected chi connectivity index (χ0v) is 7.22. The average molecular weight is 156 g/mol. The lowest BCUT2D eigenvalue weighted by molar-refractivity contribution is -0.939. The van der Waals surface area contributed by atoms with Crippen molar-refractivity contribution in [2.75, 3.05) is 39.4 Å². The van der Waals surface area contributed by atoms with Crippen LogP contribution < -0.4 is 0 Å². The van der Waals surface area contributed by atoms with Crippen LogP contribution in [0.3, 0.4) is 0 Å². The summed E-state index contributed by atoms with van der Waals surface area (Å²) in [6, 6.07) is 0. The van der Waals surface area contributed by atoms with Crippen molar-refractivity contribution < 1.29 is 9.22 Å². The molecule has 0 aromatic heterocycles. The molecule has 1 spiro atoms. The van der Waals surface area contributed by atoms with Crippen molar-refractivity contribution in [3.8, 4) is 0 Å². The van der Waals surface area contributed by atoms with Gasteiger partial charge in [-0.2, -0.15) is 0 Å². The summed E-state index contributed by atoms with van der Waals surface area (Å²) < 4.78 is 6.76. The molecule has 0 unspecified atom stereocenters. The van der Waals surface area contributed by atoms with Crippen LogP contribution in [0.1, 0.15) is 19.3 Å². The lowest BCUT2D eigenvalue weighted by Crippen LogP contribution is -2.57. The van der Waals surface area contributed by atoms with E-state index in [0.29, 0.717) is 0 Å². The Kier molecular flexibility index (Phi) is 2.14. The summed E-state index contributed by atoms with van der Waals surface area (Å²) in [5, 5.41) is 0. The standard InChI is InChI=1S/C9H18NO/c1-2-4-10(5-3-1)6-8-11-9-7-10/h1-9H2/q+1. The molecule has 2 heterocycles. The molecule has 0 radical (unpaired) electrons. The van der Waals surface area contributed by atoms with Crippen molar-refractivity contribution >= 4 is 0 Å². The zero-order valence-electron chi connectivity index (χ0n) is 7.22. The maximum atomic E-state index is 5.38. The summed E-state index contributed by atoms with van der Waals surface area (Å²) >= 11 is 0. The van der Waals surface area contributed by atoms with Gasteiger partial charge in [-0.3, -0.25) is 0 Å². The van der Waals surface area contributed by atoms with E-state index < -0.39 is 0 Å². The number of quaternary nitrogens is 1. The van der Waals surface area contributed by atoms with E-state index in [2.05, 4.69) is 0 Å². The Morgan fingerprint density at radius 3 is 2.00 bits per heavy atom. The van der Waals surface area contributed by atoms with E-state index in [-0.39, 0.29) is 0 Å². The lowest BCUT2D eigenvalue weighted by Gasteiger charge is -2.43. The molecule has 0 atom stereocenters. The van der Waals surface area contributed by atoms with Gasteiger partial charge in [-0.25, -0.2) is 0 Å². The van der Waals surface area contributed by atoms with Crippen LogP contribution in [-0.2, 0) is 4.74 Å². The molecule has 2 aliphatic heterocycles. The molecule has 2 aliphatic rings. The second-order valence-electron chi connectivity index (χ2n) is 3.91. The summed E-state index contributed by atoms with van der Waals surface area (Å²) in [6.45, 7) is 7.40. The molecule has 2 fully saturated rings. The van der Waals surface area contributed by atoms with E-state index in [4.69, 9.17) is 4.74 Å². The molecule has 2 saturated heterocycles. The van der Waals surface area contributed by atoms with E-state index in [1.165, 1.54) is 49.9 Å². The van der Waals surface area contributed by atoms with E-state index in [9.17, 15) is 0 Å². The van der Waals surface area contributed by atoms with Crippen LogP contribution in [0.5, 0.6) is 0 Å². The molecule has 2 nitrogen and oxygen atoms in total. The highest BCUT2D eigenvalue weighted by molar-refractivity contribution is 4.56. The fourth-order valence-corrected chi connectivity index (χ4v) is 2.36. The fourth-order valence-electron chi connectivity index (χ4n) is 2.36. The molecular formula is C9H18NO+. The Balaban J connectivity index is 1.94. The molecule has 0 aliphatic carbocycles. The first kappa shape index (κ1) is 7.56. The largest absolute Gasteiger partial charge is 0.370 e. The van der Waals surface area contributed by atoms with Gasteiger partial charge in [-0.05, 0) is 19.3 Å². The quantitative estimate of drug-likeness (QED) is 0.476. The van der Waals surface area contributed by atoms with Crippen molar-refractivity contribution in [3.05, 3.63) is 0 Å². The summed E-state index contributed by atoms with van der Waals surface area (Å²) in [4.78, 5) is 0. The van der Waals surface area contributed by atoms with Crippen molar-refractivity contribution in [1.82, 2.24) is 0 Å². The van der Waals surface area contributed by atoms with Crippen LogP contribution in [0.2, 0.25) is 0 Å². The Hall–Kier alpha value is -0.0800. The van der Waals surface area contributed by atoms with Crippen molar-refractivity contribution in [2.24, 2.45) is 0 Å². The minimum Gasteiger partial charge on any atom is -0.370 e. The maximum absolute atomic E-state index is 5.38. The van der Waals surface area contributed by atoms with E-state index in [0.717, 1.165) is 13.2 Å². The van der Waals surface area contributed by atoms with E-state index in [1.807, 2.05) is 0 Å². The summed E-state index contributed by atoms with van der Waals surface area (Å²) in [6.07, 6.45) is 4.35. The summed E-state index contributed by atoms with van der Waals surface area (Å²) in [7, 11) is 0. The molecule has 0 aromatic rings. The van der Waals surface area contributed by atoms with Crippen LogP contribution in [0.25, 0.3) is 0 Å². The number of hydrogen-bond acceptors (Lipinski definition) is 1. The molecule has 0 N–H and O–H groups in total. The zero-order chi connectivity index (χ0) is 7.57. The lowest BCUT2D eigenvalue weighted by atomic mass is 10.1. The van der Waals surface area contributed by atoms with Crippen LogP contribution in [-0.4, -0.2) is 43.9 Å². The second-order valence-corrected chi connectivity index (χ2v) is 3.91. The van der Waals surface area contributed by atoms with Crippen molar-refractivity contribution in [1.29, 1.82) is 0 Å². The van der Waals surface area contributed by atoms with Crippen molar-refractivity contribution in [3.63, 3.8) is 0 Å². The van der Waals surface area contributed by atoms with Gasteiger partial charge in [-0.1, -0.05) is 0 Å². The first-order valence-corrected chi connectivity index (χ1v) is 4.84. The Morgan fingerprint density at radius 2 is 1.36 bits per heavy atom. The van der Waals surface area contributed by atoms with Gasteiger partial charge in [0.2, 0.25) is 0 Å². The summed E-state index contributed by atoms with van der Waals surface area (Å²) in [5.41, 5.74) is 0. The predicted molar refractivity (Wildman–Crippen MR) is 44.4 cm³/mol. The van der Waals surface area contributed by atoms with Crippen LogP contribution >= 0.6 is 0 Å². The Morgan fingerprint density at radius 1 is 0.727 bits per heavy atom. The van der Waals surface area contributed by atoms with Crippen LogP contribution in [0, 0.1) is 0 Å². The number of nitrogens with zero attached hydrogens (tertiary/aromatic N) is 1. The molecule has 11 heavy (non-hydrogen) atoms. The smallest absolute Gasteiger partial charge is 0.102 e. The molecule has 2 heteroatoms. The molecular weight excluding hydrogens is 138 g/mol. The van der Waals surface area contributed by atoms with Crippen molar-refractivity contribution in [2.45, 2.75) is 19.3 Å². The predicted octanol–water partition coefficient (Wildman–Crippen LogP) is 1.02. The van der Waals surface area contributed by atoms with E-state index >= 15 is 0 Å². The van der Waals surface area contributed by atoms with Gasteiger partial charge in [0.25, 0.3) is 0 Å². The minimum atomic E-state index is 1.00. The Labute approximate surface area is 68.7 Å². The second kappa shape index (κ2) is 3.11. The fraction of sp³-hybridized carbons (Fsp3) is 1.00. The van der Waals surface area contributed by atoms with Gasteiger partial charge in [-0.15, -0.1) is 0 Å². The van der Waals surface area contributed by atoms with Gasteiger partial charge < -0.3 is 9.22 Å². The maximum Gasteiger partial charge on any atom is 0.102 e. The minimum absolute atomic E-state index is 1.00. The first-order valence-electron chi connectivity index (χ1n) is 4.84. The third-order valence-electron chi connectivity index (χ3n) is 3.18.